The van der Waals surface area contributed by atoms with Gasteiger partial charge in [-0.1, -0.05) is 70.7 Å². The molecule has 0 nitrogen and oxygen atoms in total. The molecule has 2 aliphatic carbocycles. The highest BCUT2D eigenvalue weighted by Gasteiger charge is 2.32. The average Bonchev–Trinajstić information content (AvgIpc) is 2.58. The predicted molar refractivity (Wildman–Crippen MR) is 95.8 cm³/mol. The molecule has 1 heteroatoms. The van der Waals surface area contributed by atoms with Crippen molar-refractivity contribution in [2.24, 2.45) is 0 Å². The lowest BCUT2D eigenvalue weighted by Crippen LogP contribution is -2.27. The summed E-state index contributed by atoms with van der Waals surface area (Å²) in [5.74, 6) is 0. The SMILES string of the molecule is [CH2]Cc1ccccc1P(C1CCCCC1)C1CCCCC1. The molecule has 21 heavy (non-hydrogen) atoms. The minimum atomic E-state index is 0.0413. The van der Waals surface area contributed by atoms with E-state index >= 15 is 0 Å². The molecule has 0 spiro atoms. The second-order valence-corrected chi connectivity index (χ2v) is 9.63. The molecule has 0 saturated heterocycles. The summed E-state index contributed by atoms with van der Waals surface area (Å²) in [6.07, 6.45) is 15.8. The van der Waals surface area contributed by atoms with Crippen molar-refractivity contribution in [2.45, 2.75) is 81.9 Å². The zero-order valence-electron chi connectivity index (χ0n) is 13.4. The van der Waals surface area contributed by atoms with Crippen LogP contribution in [0.25, 0.3) is 0 Å². The van der Waals surface area contributed by atoms with Crippen LogP contribution in [0.2, 0.25) is 0 Å². The maximum atomic E-state index is 4.20. The summed E-state index contributed by atoms with van der Waals surface area (Å²) in [4.78, 5) is 0. The Bertz CT molecular complexity index is 409. The molecule has 2 fully saturated rings. The summed E-state index contributed by atoms with van der Waals surface area (Å²) in [6, 6.07) is 9.27. The second kappa shape index (κ2) is 7.77. The molecule has 1 aromatic rings. The van der Waals surface area contributed by atoms with Gasteiger partial charge in [0.2, 0.25) is 0 Å². The van der Waals surface area contributed by atoms with Crippen molar-refractivity contribution in [3.63, 3.8) is 0 Å². The Hall–Kier alpha value is -0.350. The Morgan fingerprint density at radius 3 is 1.86 bits per heavy atom. The van der Waals surface area contributed by atoms with Crippen molar-refractivity contribution in [1.82, 2.24) is 0 Å². The fraction of sp³-hybridized carbons (Fsp3) is 0.650. The first-order chi connectivity index (χ1) is 10.4. The lowest BCUT2D eigenvalue weighted by molar-refractivity contribution is 0.487. The largest absolute Gasteiger partial charge is 0.0687 e. The van der Waals surface area contributed by atoms with Crippen LogP contribution in [-0.2, 0) is 6.42 Å². The van der Waals surface area contributed by atoms with Gasteiger partial charge in [0.25, 0.3) is 0 Å². The van der Waals surface area contributed by atoms with Gasteiger partial charge in [-0.15, -0.1) is 0 Å². The van der Waals surface area contributed by atoms with Gasteiger partial charge in [-0.25, -0.2) is 0 Å². The van der Waals surface area contributed by atoms with Crippen LogP contribution < -0.4 is 5.30 Å². The van der Waals surface area contributed by atoms with E-state index in [1.54, 1.807) is 10.9 Å². The van der Waals surface area contributed by atoms with E-state index in [0.29, 0.717) is 0 Å². The Morgan fingerprint density at radius 2 is 1.33 bits per heavy atom. The van der Waals surface area contributed by atoms with E-state index < -0.39 is 0 Å². The first-order valence-corrected chi connectivity index (χ1v) is 10.5. The highest BCUT2D eigenvalue weighted by molar-refractivity contribution is 7.67. The van der Waals surface area contributed by atoms with E-state index in [1.807, 2.05) is 0 Å². The van der Waals surface area contributed by atoms with Gasteiger partial charge in [-0.2, -0.15) is 0 Å². The first kappa shape index (κ1) is 15.5. The maximum Gasteiger partial charge on any atom is -0.0166 e. The standard InChI is InChI=1S/C20H30P/c1-2-17-11-9-10-16-20(17)21(18-12-5-3-6-13-18)19-14-7-4-8-15-19/h9-11,16,18-19H,1-8,12-15H2. The van der Waals surface area contributed by atoms with Crippen molar-refractivity contribution >= 4 is 13.2 Å². The molecule has 1 aromatic carbocycles. The lowest BCUT2D eigenvalue weighted by Gasteiger charge is -2.39. The molecule has 0 aromatic heterocycles. The molecule has 0 N–H and O–H groups in total. The zero-order chi connectivity index (χ0) is 14.5. The van der Waals surface area contributed by atoms with Crippen LogP contribution in [0, 0.1) is 6.92 Å². The Morgan fingerprint density at radius 1 is 0.810 bits per heavy atom. The fourth-order valence-electron chi connectivity index (χ4n) is 4.38. The molecule has 2 aliphatic rings. The van der Waals surface area contributed by atoms with Crippen LogP contribution in [0.5, 0.6) is 0 Å². The number of hydrogen-bond donors (Lipinski definition) is 0. The second-order valence-electron chi connectivity index (χ2n) is 6.87. The van der Waals surface area contributed by atoms with Crippen molar-refractivity contribution in [1.29, 1.82) is 0 Å². The Kier molecular flexibility index (Phi) is 5.75. The van der Waals surface area contributed by atoms with Crippen molar-refractivity contribution in [2.75, 3.05) is 0 Å². The molecule has 0 heterocycles. The Labute approximate surface area is 132 Å². The van der Waals surface area contributed by atoms with Gasteiger partial charge in [0, 0.05) is 0 Å². The molecular formula is C20H30P. The molecule has 0 unspecified atom stereocenters. The van der Waals surface area contributed by atoms with Crippen LogP contribution >= 0.6 is 7.92 Å². The van der Waals surface area contributed by atoms with Crippen LogP contribution in [-0.4, -0.2) is 11.3 Å². The highest BCUT2D eigenvalue weighted by Crippen LogP contribution is 2.55. The normalized spacial score (nSPS) is 21.8. The predicted octanol–water partition coefficient (Wildman–Crippen LogP) is 5.84. The minimum absolute atomic E-state index is 0.0413. The van der Waals surface area contributed by atoms with Crippen molar-refractivity contribution in [3.05, 3.63) is 36.8 Å². The molecule has 0 bridgehead atoms. The third-order valence-electron chi connectivity index (χ3n) is 5.48. The van der Waals surface area contributed by atoms with Gasteiger partial charge >= 0.3 is 0 Å². The average molecular weight is 301 g/mol. The van der Waals surface area contributed by atoms with Crippen LogP contribution in [0.1, 0.15) is 69.8 Å². The van der Waals surface area contributed by atoms with E-state index in [-0.39, 0.29) is 7.92 Å². The lowest BCUT2D eigenvalue weighted by atomic mass is 9.99. The third kappa shape index (κ3) is 3.70. The third-order valence-corrected chi connectivity index (χ3v) is 9.07. The summed E-state index contributed by atoms with van der Waals surface area (Å²) in [5.41, 5.74) is 3.55. The van der Waals surface area contributed by atoms with E-state index in [2.05, 4.69) is 31.2 Å². The van der Waals surface area contributed by atoms with Crippen molar-refractivity contribution in [3.8, 4) is 0 Å². The Balaban J connectivity index is 1.89. The highest BCUT2D eigenvalue weighted by atomic mass is 31.1. The van der Waals surface area contributed by atoms with Gasteiger partial charge in [-0.05, 0) is 61.2 Å². The quantitative estimate of drug-likeness (QED) is 0.613. The molecule has 0 amide bonds. The van der Waals surface area contributed by atoms with Crippen LogP contribution in [0.3, 0.4) is 0 Å². The smallest absolute Gasteiger partial charge is 0.0166 e. The van der Waals surface area contributed by atoms with Crippen LogP contribution in [0.15, 0.2) is 24.3 Å². The minimum Gasteiger partial charge on any atom is -0.0687 e. The maximum absolute atomic E-state index is 4.20. The molecule has 0 aliphatic heterocycles. The number of benzene rings is 1. The molecule has 115 valence electrons. The van der Waals surface area contributed by atoms with E-state index in [4.69, 9.17) is 0 Å². The van der Waals surface area contributed by atoms with Gasteiger partial charge in [0.1, 0.15) is 0 Å². The number of hydrogen-bond acceptors (Lipinski definition) is 0. The van der Waals surface area contributed by atoms with Gasteiger partial charge in [0.05, 0.1) is 0 Å². The van der Waals surface area contributed by atoms with E-state index in [1.165, 1.54) is 64.2 Å². The molecular weight excluding hydrogens is 271 g/mol. The molecule has 1 radical (unpaired) electrons. The first-order valence-electron chi connectivity index (χ1n) is 9.05. The summed E-state index contributed by atoms with van der Waals surface area (Å²) in [7, 11) is 0.0413. The van der Waals surface area contributed by atoms with E-state index in [9.17, 15) is 0 Å². The van der Waals surface area contributed by atoms with Crippen LogP contribution in [0.4, 0.5) is 0 Å². The summed E-state index contributed by atoms with van der Waals surface area (Å²) in [6.45, 7) is 4.20. The fourth-order valence-corrected chi connectivity index (χ4v) is 8.39. The molecule has 0 atom stereocenters. The monoisotopic (exact) mass is 301 g/mol. The topological polar surface area (TPSA) is 0 Å². The molecule has 2 saturated carbocycles. The molecule has 3 rings (SSSR count). The summed E-state index contributed by atoms with van der Waals surface area (Å²) >= 11 is 0. The zero-order valence-corrected chi connectivity index (χ0v) is 14.3. The summed E-state index contributed by atoms with van der Waals surface area (Å²) in [5, 5.41) is 1.72. The number of rotatable bonds is 4. The van der Waals surface area contributed by atoms with Crippen molar-refractivity contribution < 1.29 is 0 Å². The van der Waals surface area contributed by atoms with Gasteiger partial charge < -0.3 is 0 Å². The van der Waals surface area contributed by atoms with Gasteiger partial charge in [0.15, 0.2) is 0 Å². The van der Waals surface area contributed by atoms with Gasteiger partial charge in [-0.3, -0.25) is 0 Å². The van der Waals surface area contributed by atoms with E-state index in [0.717, 1.165) is 17.7 Å². The summed E-state index contributed by atoms with van der Waals surface area (Å²) < 4.78 is 0.